The fourth-order valence-electron chi connectivity index (χ4n) is 2.46. The highest BCUT2D eigenvalue weighted by Crippen LogP contribution is 2.49. The molecule has 0 N–H and O–H groups in total. The second kappa shape index (κ2) is 4.97. The lowest BCUT2D eigenvalue weighted by Gasteiger charge is -2.35. The van der Waals surface area contributed by atoms with E-state index >= 15 is 0 Å². The summed E-state index contributed by atoms with van der Waals surface area (Å²) in [5.74, 6) is 0.0523. The average molecular weight is 249 g/mol. The van der Waals surface area contributed by atoms with Crippen LogP contribution in [0.4, 0.5) is 0 Å². The molecule has 1 aliphatic carbocycles. The molecule has 0 aromatic heterocycles. The van der Waals surface area contributed by atoms with Crippen LogP contribution in [0.1, 0.15) is 32.6 Å². The van der Waals surface area contributed by atoms with Crippen molar-refractivity contribution in [3.8, 4) is 6.07 Å². The highest BCUT2D eigenvalue weighted by molar-refractivity contribution is 5.92. The smallest absolute Gasteiger partial charge is 0.242 e. The number of carbonyl (C=O) groups is 2. The normalized spacial score (nSPS) is 22.0. The van der Waals surface area contributed by atoms with Gasteiger partial charge in [-0.15, -0.1) is 0 Å². The van der Waals surface area contributed by atoms with E-state index in [1.807, 2.05) is 6.92 Å². The van der Waals surface area contributed by atoms with Crippen molar-refractivity contribution in [3.05, 3.63) is 0 Å². The van der Waals surface area contributed by atoms with Crippen LogP contribution in [0.15, 0.2) is 0 Å². The van der Waals surface area contributed by atoms with Crippen LogP contribution in [-0.2, 0) is 9.59 Å². The van der Waals surface area contributed by atoms with Crippen molar-refractivity contribution in [2.24, 2.45) is 5.41 Å². The Morgan fingerprint density at radius 1 is 1.22 bits per heavy atom. The first-order chi connectivity index (χ1) is 8.60. The molecule has 2 rings (SSSR count). The Balaban J connectivity index is 1.94. The molecule has 5 nitrogen and oxygen atoms in total. The molecule has 0 aromatic rings. The molecule has 2 fully saturated rings. The molecular formula is C13H19N3O2. The molecule has 98 valence electrons. The van der Waals surface area contributed by atoms with E-state index in [1.54, 1.807) is 9.80 Å². The van der Waals surface area contributed by atoms with E-state index in [4.69, 9.17) is 5.26 Å². The molecule has 1 heterocycles. The Labute approximate surface area is 107 Å². The first-order valence-electron chi connectivity index (χ1n) is 6.53. The lowest BCUT2D eigenvalue weighted by molar-refractivity contribution is -0.150. The Morgan fingerprint density at radius 2 is 1.83 bits per heavy atom. The minimum absolute atomic E-state index is 0.0163. The van der Waals surface area contributed by atoms with Crippen LogP contribution in [0.2, 0.25) is 0 Å². The van der Waals surface area contributed by atoms with Crippen molar-refractivity contribution in [2.75, 3.05) is 26.2 Å². The number of hydrogen-bond donors (Lipinski definition) is 0. The lowest BCUT2D eigenvalue weighted by atomic mass is 10.0. The third kappa shape index (κ3) is 2.63. The van der Waals surface area contributed by atoms with E-state index in [9.17, 15) is 9.59 Å². The number of carbonyl (C=O) groups excluding carboxylic acids is 2. The molecule has 1 aliphatic heterocycles. The first kappa shape index (κ1) is 12.9. The molecule has 0 bridgehead atoms. The van der Waals surface area contributed by atoms with Gasteiger partial charge in [-0.25, -0.2) is 0 Å². The standard InChI is InChI=1S/C13H19N3O2/c1-2-7-15-8-12(18)16(9-11(15)17)10-13(3-4-13)5-6-14/h2-5,7-10H2,1H3. The van der Waals surface area contributed by atoms with Crippen molar-refractivity contribution in [2.45, 2.75) is 32.6 Å². The summed E-state index contributed by atoms with van der Waals surface area (Å²) in [6.45, 7) is 3.62. The summed E-state index contributed by atoms with van der Waals surface area (Å²) in [6.07, 6.45) is 3.36. The molecule has 0 spiro atoms. The van der Waals surface area contributed by atoms with Crippen LogP contribution in [0.3, 0.4) is 0 Å². The number of hydrogen-bond acceptors (Lipinski definition) is 3. The highest BCUT2D eigenvalue weighted by atomic mass is 16.2. The maximum absolute atomic E-state index is 12.0. The van der Waals surface area contributed by atoms with Gasteiger partial charge in [-0.3, -0.25) is 9.59 Å². The van der Waals surface area contributed by atoms with Gasteiger partial charge in [0.1, 0.15) is 0 Å². The van der Waals surface area contributed by atoms with Gasteiger partial charge >= 0.3 is 0 Å². The minimum atomic E-state index is -0.0163. The van der Waals surface area contributed by atoms with Crippen molar-refractivity contribution in [3.63, 3.8) is 0 Å². The van der Waals surface area contributed by atoms with Crippen LogP contribution in [-0.4, -0.2) is 47.8 Å². The Bertz CT molecular complexity index is 396. The van der Waals surface area contributed by atoms with Gasteiger partial charge in [0.2, 0.25) is 11.8 Å². The summed E-state index contributed by atoms with van der Waals surface area (Å²) >= 11 is 0. The zero-order chi connectivity index (χ0) is 13.2. The monoisotopic (exact) mass is 249 g/mol. The molecule has 1 saturated carbocycles. The average Bonchev–Trinajstić information content (AvgIpc) is 3.06. The highest BCUT2D eigenvalue weighted by Gasteiger charge is 2.45. The molecule has 0 aromatic carbocycles. The molecular weight excluding hydrogens is 230 g/mol. The van der Waals surface area contributed by atoms with E-state index in [2.05, 4.69) is 6.07 Å². The third-order valence-electron chi connectivity index (χ3n) is 3.79. The van der Waals surface area contributed by atoms with Gasteiger partial charge < -0.3 is 9.80 Å². The van der Waals surface area contributed by atoms with Gasteiger partial charge in [-0.2, -0.15) is 5.26 Å². The molecule has 0 atom stereocenters. The van der Waals surface area contributed by atoms with Gasteiger partial charge in [0, 0.05) is 24.9 Å². The Morgan fingerprint density at radius 3 is 2.39 bits per heavy atom. The molecule has 5 heteroatoms. The van der Waals surface area contributed by atoms with E-state index in [-0.39, 0.29) is 30.3 Å². The van der Waals surface area contributed by atoms with Crippen molar-refractivity contribution < 1.29 is 9.59 Å². The second-order valence-electron chi connectivity index (χ2n) is 5.40. The van der Waals surface area contributed by atoms with Crippen LogP contribution in [0, 0.1) is 16.7 Å². The summed E-state index contributed by atoms with van der Waals surface area (Å²) in [5.41, 5.74) is -0.0163. The summed E-state index contributed by atoms with van der Waals surface area (Å²) in [5, 5.41) is 8.77. The second-order valence-corrected chi connectivity index (χ2v) is 5.40. The zero-order valence-electron chi connectivity index (χ0n) is 10.8. The third-order valence-corrected chi connectivity index (χ3v) is 3.79. The van der Waals surface area contributed by atoms with Crippen LogP contribution >= 0.6 is 0 Å². The van der Waals surface area contributed by atoms with Gasteiger partial charge in [0.05, 0.1) is 19.2 Å². The van der Waals surface area contributed by atoms with E-state index < -0.39 is 0 Å². The summed E-state index contributed by atoms with van der Waals surface area (Å²) < 4.78 is 0. The minimum Gasteiger partial charge on any atom is -0.332 e. The fourth-order valence-corrected chi connectivity index (χ4v) is 2.46. The number of amides is 2. The number of piperazine rings is 1. The topological polar surface area (TPSA) is 64.4 Å². The molecule has 2 aliphatic rings. The Kier molecular flexibility index (Phi) is 3.55. The van der Waals surface area contributed by atoms with Gasteiger partial charge in [-0.1, -0.05) is 6.92 Å². The zero-order valence-corrected chi connectivity index (χ0v) is 10.8. The maximum atomic E-state index is 12.0. The molecule has 2 amide bonds. The predicted octanol–water partition coefficient (Wildman–Crippen LogP) is 0.761. The van der Waals surface area contributed by atoms with Crippen LogP contribution < -0.4 is 0 Å². The van der Waals surface area contributed by atoms with E-state index in [0.717, 1.165) is 19.3 Å². The number of nitriles is 1. The number of rotatable bonds is 5. The fraction of sp³-hybridized carbons (Fsp3) is 0.769. The van der Waals surface area contributed by atoms with Crippen LogP contribution in [0.5, 0.6) is 0 Å². The lowest BCUT2D eigenvalue weighted by Crippen LogP contribution is -2.55. The summed E-state index contributed by atoms with van der Waals surface area (Å²) in [7, 11) is 0. The SMILES string of the molecule is CCCN1CC(=O)N(CC2(CC#N)CC2)CC1=O. The molecule has 1 saturated heterocycles. The summed E-state index contributed by atoms with van der Waals surface area (Å²) in [4.78, 5) is 27.1. The maximum Gasteiger partial charge on any atom is 0.242 e. The summed E-state index contributed by atoms with van der Waals surface area (Å²) in [6, 6.07) is 2.18. The first-order valence-corrected chi connectivity index (χ1v) is 6.53. The van der Waals surface area contributed by atoms with Crippen LogP contribution in [0.25, 0.3) is 0 Å². The quantitative estimate of drug-likeness (QED) is 0.722. The van der Waals surface area contributed by atoms with Crippen molar-refractivity contribution in [1.82, 2.24) is 9.80 Å². The largest absolute Gasteiger partial charge is 0.332 e. The predicted molar refractivity (Wildman–Crippen MR) is 65.3 cm³/mol. The molecule has 0 radical (unpaired) electrons. The van der Waals surface area contributed by atoms with E-state index in [1.165, 1.54) is 0 Å². The molecule has 18 heavy (non-hydrogen) atoms. The van der Waals surface area contributed by atoms with E-state index in [0.29, 0.717) is 19.5 Å². The molecule has 0 unspecified atom stereocenters. The van der Waals surface area contributed by atoms with Gasteiger partial charge in [0.15, 0.2) is 0 Å². The number of nitrogens with zero attached hydrogens (tertiary/aromatic N) is 3. The van der Waals surface area contributed by atoms with Crippen molar-refractivity contribution in [1.29, 1.82) is 5.26 Å². The van der Waals surface area contributed by atoms with Crippen molar-refractivity contribution >= 4 is 11.8 Å². The van der Waals surface area contributed by atoms with Gasteiger partial charge in [0.25, 0.3) is 0 Å². The Hall–Kier alpha value is -1.57. The van der Waals surface area contributed by atoms with Gasteiger partial charge in [-0.05, 0) is 19.3 Å².